The van der Waals surface area contributed by atoms with Crippen molar-refractivity contribution in [2.45, 2.75) is 19.4 Å². The van der Waals surface area contributed by atoms with Crippen LogP contribution in [0.4, 0.5) is 5.82 Å². The number of pyridine rings is 1. The molecular formula is C12H19N5O. The summed E-state index contributed by atoms with van der Waals surface area (Å²) in [6, 6.07) is 4.09. The summed E-state index contributed by atoms with van der Waals surface area (Å²) < 4.78 is 6.79. The first-order valence-corrected chi connectivity index (χ1v) is 5.99. The molecule has 0 aliphatic carbocycles. The number of hydrogen-bond acceptors (Lipinski definition) is 5. The number of hydrogen-bond donors (Lipinski definition) is 2. The van der Waals surface area contributed by atoms with Gasteiger partial charge < -0.3 is 15.8 Å². The SMILES string of the molecule is COCC(N)CCNc1cc(C)cc2ncnn12. The van der Waals surface area contributed by atoms with Crippen LogP contribution in [0.5, 0.6) is 0 Å². The quantitative estimate of drug-likeness (QED) is 0.792. The van der Waals surface area contributed by atoms with E-state index in [-0.39, 0.29) is 6.04 Å². The molecule has 0 aliphatic heterocycles. The maximum atomic E-state index is 5.87. The van der Waals surface area contributed by atoms with Gasteiger partial charge in [-0.1, -0.05) is 0 Å². The van der Waals surface area contributed by atoms with E-state index in [1.54, 1.807) is 18.0 Å². The number of nitrogens with one attached hydrogen (secondary N) is 1. The molecule has 98 valence electrons. The monoisotopic (exact) mass is 249 g/mol. The summed E-state index contributed by atoms with van der Waals surface area (Å²) in [5.41, 5.74) is 7.87. The van der Waals surface area contributed by atoms with E-state index < -0.39 is 0 Å². The van der Waals surface area contributed by atoms with E-state index in [0.29, 0.717) is 6.61 Å². The Morgan fingerprint density at radius 3 is 3.11 bits per heavy atom. The fourth-order valence-corrected chi connectivity index (χ4v) is 1.87. The maximum absolute atomic E-state index is 5.87. The number of rotatable bonds is 6. The molecule has 1 atom stereocenters. The van der Waals surface area contributed by atoms with Crippen molar-refractivity contribution in [3.05, 3.63) is 24.0 Å². The van der Waals surface area contributed by atoms with Crippen molar-refractivity contribution in [2.75, 3.05) is 25.6 Å². The molecule has 1 unspecified atom stereocenters. The van der Waals surface area contributed by atoms with Gasteiger partial charge in [-0.15, -0.1) is 0 Å². The predicted molar refractivity (Wildman–Crippen MR) is 70.7 cm³/mol. The van der Waals surface area contributed by atoms with E-state index in [0.717, 1.165) is 30.0 Å². The number of aryl methyl sites for hydroxylation is 1. The molecule has 3 N–H and O–H groups in total. The molecule has 18 heavy (non-hydrogen) atoms. The van der Waals surface area contributed by atoms with Crippen LogP contribution >= 0.6 is 0 Å². The smallest absolute Gasteiger partial charge is 0.157 e. The molecule has 0 radical (unpaired) electrons. The van der Waals surface area contributed by atoms with E-state index in [9.17, 15) is 0 Å². The number of anilines is 1. The molecular weight excluding hydrogens is 230 g/mol. The second kappa shape index (κ2) is 5.79. The van der Waals surface area contributed by atoms with Gasteiger partial charge in [-0.25, -0.2) is 4.98 Å². The average Bonchev–Trinajstić information content (AvgIpc) is 2.77. The Hall–Kier alpha value is -1.66. The minimum Gasteiger partial charge on any atom is -0.383 e. The Kier molecular flexibility index (Phi) is 4.11. The first kappa shape index (κ1) is 12.8. The second-order valence-electron chi connectivity index (χ2n) is 4.38. The average molecular weight is 249 g/mol. The van der Waals surface area contributed by atoms with Gasteiger partial charge in [-0.05, 0) is 31.0 Å². The molecule has 0 saturated carbocycles. The maximum Gasteiger partial charge on any atom is 0.157 e. The Morgan fingerprint density at radius 1 is 1.50 bits per heavy atom. The van der Waals surface area contributed by atoms with Gasteiger partial charge in [-0.3, -0.25) is 0 Å². The summed E-state index contributed by atoms with van der Waals surface area (Å²) in [6.07, 6.45) is 2.40. The number of methoxy groups -OCH3 is 1. The lowest BCUT2D eigenvalue weighted by Gasteiger charge is -2.12. The number of aromatic nitrogens is 3. The van der Waals surface area contributed by atoms with Gasteiger partial charge in [0.25, 0.3) is 0 Å². The zero-order valence-electron chi connectivity index (χ0n) is 10.8. The van der Waals surface area contributed by atoms with Gasteiger partial charge in [0.2, 0.25) is 0 Å². The van der Waals surface area contributed by atoms with E-state index in [1.165, 1.54) is 0 Å². The highest BCUT2D eigenvalue weighted by Crippen LogP contribution is 2.13. The number of ether oxygens (including phenoxy) is 1. The highest BCUT2D eigenvalue weighted by Gasteiger charge is 2.05. The van der Waals surface area contributed by atoms with Crippen LogP contribution < -0.4 is 11.1 Å². The lowest BCUT2D eigenvalue weighted by atomic mass is 10.2. The van der Waals surface area contributed by atoms with Gasteiger partial charge in [-0.2, -0.15) is 9.61 Å². The van der Waals surface area contributed by atoms with Gasteiger partial charge in [0, 0.05) is 19.7 Å². The normalized spacial score (nSPS) is 12.8. The largest absolute Gasteiger partial charge is 0.383 e. The summed E-state index contributed by atoms with van der Waals surface area (Å²) in [5.74, 6) is 0.937. The minimum absolute atomic E-state index is 0.0542. The molecule has 0 aliphatic rings. The number of nitrogens with two attached hydrogens (primary N) is 1. The molecule has 2 aromatic heterocycles. The summed E-state index contributed by atoms with van der Waals surface area (Å²) >= 11 is 0. The van der Waals surface area contributed by atoms with Crippen molar-refractivity contribution in [1.82, 2.24) is 14.6 Å². The molecule has 0 aromatic carbocycles. The highest BCUT2D eigenvalue weighted by atomic mass is 16.5. The lowest BCUT2D eigenvalue weighted by Crippen LogP contribution is -2.28. The molecule has 0 spiro atoms. The Balaban J connectivity index is 2.00. The molecule has 0 amide bonds. The molecule has 2 aromatic rings. The highest BCUT2D eigenvalue weighted by molar-refractivity contribution is 5.51. The van der Waals surface area contributed by atoms with Crippen molar-refractivity contribution in [3.8, 4) is 0 Å². The van der Waals surface area contributed by atoms with Crippen molar-refractivity contribution >= 4 is 11.5 Å². The fraction of sp³-hybridized carbons (Fsp3) is 0.500. The standard InChI is InChI=1S/C12H19N5O/c1-9-5-11(14-4-3-10(13)7-18-2)17-12(6-9)15-8-16-17/h5-6,8,10,14H,3-4,7,13H2,1-2H3. The zero-order chi connectivity index (χ0) is 13.0. The third kappa shape index (κ3) is 2.96. The Bertz CT molecular complexity index is 510. The summed E-state index contributed by atoms with van der Waals surface area (Å²) in [6.45, 7) is 3.40. The van der Waals surface area contributed by atoms with Crippen LogP contribution in [0, 0.1) is 6.92 Å². The van der Waals surface area contributed by atoms with Crippen molar-refractivity contribution in [3.63, 3.8) is 0 Å². The molecule has 0 bridgehead atoms. The Morgan fingerprint density at radius 2 is 2.33 bits per heavy atom. The first-order chi connectivity index (χ1) is 8.70. The number of nitrogens with zero attached hydrogens (tertiary/aromatic N) is 3. The molecule has 2 heterocycles. The van der Waals surface area contributed by atoms with Crippen LogP contribution in [0.1, 0.15) is 12.0 Å². The van der Waals surface area contributed by atoms with Crippen LogP contribution in [0.15, 0.2) is 18.5 Å². The van der Waals surface area contributed by atoms with E-state index in [2.05, 4.69) is 15.4 Å². The van der Waals surface area contributed by atoms with E-state index in [1.807, 2.05) is 19.1 Å². The first-order valence-electron chi connectivity index (χ1n) is 5.99. The van der Waals surface area contributed by atoms with Gasteiger partial charge >= 0.3 is 0 Å². The molecule has 6 heteroatoms. The van der Waals surface area contributed by atoms with Crippen LogP contribution in [0.2, 0.25) is 0 Å². The summed E-state index contributed by atoms with van der Waals surface area (Å²) in [5, 5.41) is 7.51. The molecule has 6 nitrogen and oxygen atoms in total. The lowest BCUT2D eigenvalue weighted by molar-refractivity contribution is 0.178. The van der Waals surface area contributed by atoms with Crippen LogP contribution in [-0.2, 0) is 4.74 Å². The Labute approximate surface area is 106 Å². The van der Waals surface area contributed by atoms with E-state index in [4.69, 9.17) is 10.5 Å². The second-order valence-corrected chi connectivity index (χ2v) is 4.38. The third-order valence-corrected chi connectivity index (χ3v) is 2.73. The third-order valence-electron chi connectivity index (χ3n) is 2.73. The van der Waals surface area contributed by atoms with E-state index >= 15 is 0 Å². The van der Waals surface area contributed by atoms with Crippen LogP contribution in [0.25, 0.3) is 5.65 Å². The van der Waals surface area contributed by atoms with Crippen molar-refractivity contribution in [1.29, 1.82) is 0 Å². The topological polar surface area (TPSA) is 77.5 Å². The molecule has 0 fully saturated rings. The number of fused-ring (bicyclic) bond motifs is 1. The zero-order valence-corrected chi connectivity index (χ0v) is 10.8. The van der Waals surface area contributed by atoms with Crippen LogP contribution in [-0.4, -0.2) is 40.9 Å². The fourth-order valence-electron chi connectivity index (χ4n) is 1.87. The molecule has 0 saturated heterocycles. The van der Waals surface area contributed by atoms with Crippen molar-refractivity contribution < 1.29 is 4.74 Å². The van der Waals surface area contributed by atoms with Crippen LogP contribution in [0.3, 0.4) is 0 Å². The van der Waals surface area contributed by atoms with Gasteiger partial charge in [0.05, 0.1) is 6.61 Å². The predicted octanol–water partition coefficient (Wildman–Crippen LogP) is 0.813. The molecule has 2 rings (SSSR count). The summed E-state index contributed by atoms with van der Waals surface area (Å²) in [4.78, 5) is 4.18. The van der Waals surface area contributed by atoms with Gasteiger partial charge in [0.15, 0.2) is 5.65 Å². The van der Waals surface area contributed by atoms with Gasteiger partial charge in [0.1, 0.15) is 12.1 Å². The minimum atomic E-state index is 0.0542. The van der Waals surface area contributed by atoms with Crippen molar-refractivity contribution in [2.24, 2.45) is 5.73 Å². The summed E-state index contributed by atoms with van der Waals surface area (Å²) in [7, 11) is 1.66.